The van der Waals surface area contributed by atoms with Crippen molar-refractivity contribution in [2.24, 2.45) is 5.41 Å². The highest BCUT2D eigenvalue weighted by Gasteiger charge is 2.60. The lowest BCUT2D eigenvalue weighted by Gasteiger charge is -2.38. The number of carbonyl (C=O) groups excluding carboxylic acids is 1. The Balaban J connectivity index is 1.31. The number of aliphatic carboxylic acids is 1. The maximum Gasteiger partial charge on any atom is 0.403 e. The van der Waals surface area contributed by atoms with E-state index in [-0.39, 0.29) is 25.2 Å². The van der Waals surface area contributed by atoms with Crippen molar-refractivity contribution in [1.29, 1.82) is 0 Å². The number of unbranched alkanes of at least 4 members (excludes halogenated alkanes) is 1. The molecule has 41 heavy (non-hydrogen) atoms. The molecule has 1 aromatic heterocycles. The van der Waals surface area contributed by atoms with Crippen LogP contribution in [0.25, 0.3) is 0 Å². The number of fused-ring (bicyclic) bond motifs is 1. The lowest BCUT2D eigenvalue weighted by molar-refractivity contribution is -0.240. The van der Waals surface area contributed by atoms with Crippen LogP contribution in [0.15, 0.2) is 12.1 Å². The van der Waals surface area contributed by atoms with Gasteiger partial charge in [0.05, 0.1) is 12.2 Å². The molecular formula is C29H43F3N4O5. The van der Waals surface area contributed by atoms with Gasteiger partial charge in [0.2, 0.25) is 5.91 Å². The van der Waals surface area contributed by atoms with Gasteiger partial charge in [-0.1, -0.05) is 6.07 Å². The van der Waals surface area contributed by atoms with Gasteiger partial charge in [-0.3, -0.25) is 4.79 Å². The predicted octanol–water partition coefficient (Wildman–Crippen LogP) is 3.95. The molecule has 12 heteroatoms. The molecule has 1 saturated heterocycles. The third-order valence-corrected chi connectivity index (χ3v) is 8.58. The van der Waals surface area contributed by atoms with E-state index in [9.17, 15) is 27.9 Å². The van der Waals surface area contributed by atoms with Gasteiger partial charge in [0, 0.05) is 38.5 Å². The lowest BCUT2D eigenvalue weighted by Crippen LogP contribution is -2.57. The number of rotatable bonds is 15. The first-order valence-electron chi connectivity index (χ1n) is 14.8. The molecule has 0 spiro atoms. The Morgan fingerprint density at radius 3 is 2.61 bits per heavy atom. The van der Waals surface area contributed by atoms with Gasteiger partial charge in [-0.05, 0) is 89.3 Å². The maximum absolute atomic E-state index is 13.9. The first kappa shape index (κ1) is 31.5. The van der Waals surface area contributed by atoms with E-state index in [2.05, 4.69) is 34.6 Å². The Labute approximate surface area is 239 Å². The Morgan fingerprint density at radius 1 is 1.17 bits per heavy atom. The highest BCUT2D eigenvalue weighted by Crippen LogP contribution is 2.46. The van der Waals surface area contributed by atoms with E-state index in [0.29, 0.717) is 26.2 Å². The van der Waals surface area contributed by atoms with Crippen molar-refractivity contribution < 1.29 is 37.3 Å². The van der Waals surface area contributed by atoms with E-state index in [1.807, 2.05) is 0 Å². The molecule has 2 aliphatic heterocycles. The first-order chi connectivity index (χ1) is 19.5. The minimum Gasteiger partial charge on any atom is -0.480 e. The van der Waals surface area contributed by atoms with Crippen molar-refractivity contribution in [3.63, 3.8) is 0 Å². The highest BCUT2D eigenvalue weighted by atomic mass is 19.4. The minimum absolute atomic E-state index is 0.0131. The molecule has 0 radical (unpaired) electrons. The van der Waals surface area contributed by atoms with Gasteiger partial charge in [-0.15, -0.1) is 0 Å². The number of nitrogens with one attached hydrogen (secondary N) is 2. The fourth-order valence-electron chi connectivity index (χ4n) is 5.45. The van der Waals surface area contributed by atoms with Crippen LogP contribution in [0.5, 0.6) is 0 Å². The second-order valence-corrected chi connectivity index (χ2v) is 11.8. The van der Waals surface area contributed by atoms with Crippen molar-refractivity contribution in [3.8, 4) is 0 Å². The van der Waals surface area contributed by atoms with Crippen LogP contribution in [0.2, 0.25) is 0 Å². The van der Waals surface area contributed by atoms with Gasteiger partial charge in [-0.2, -0.15) is 13.2 Å². The van der Waals surface area contributed by atoms with Gasteiger partial charge in [0.1, 0.15) is 17.3 Å². The molecule has 1 aliphatic carbocycles. The largest absolute Gasteiger partial charge is 0.480 e. The topological polar surface area (TPSA) is 113 Å². The average Bonchev–Trinajstić information content (AvgIpc) is 3.68. The Morgan fingerprint density at radius 2 is 1.93 bits per heavy atom. The molecule has 230 valence electrons. The number of hydrogen-bond donors (Lipinski definition) is 3. The SMILES string of the molecule is CC1(OCCN(CCCCc2ccc3c(n2)NCCC3)CCC(NC(=O)C2(C(F)(F)F)CCOCC2)C(=O)O)CC1. The molecule has 2 fully saturated rings. The molecule has 1 atom stereocenters. The van der Waals surface area contributed by atoms with E-state index in [0.717, 1.165) is 63.0 Å². The minimum atomic E-state index is -4.80. The maximum atomic E-state index is 13.9. The number of pyridine rings is 1. The third-order valence-electron chi connectivity index (χ3n) is 8.58. The lowest BCUT2D eigenvalue weighted by atomic mass is 9.78. The average molecular weight is 585 g/mol. The Bertz CT molecular complexity index is 1040. The van der Waals surface area contributed by atoms with Crippen LogP contribution in [-0.2, 0) is 31.9 Å². The van der Waals surface area contributed by atoms with E-state index in [1.54, 1.807) is 0 Å². The number of alkyl halides is 3. The second kappa shape index (κ2) is 13.7. The van der Waals surface area contributed by atoms with Gasteiger partial charge in [0.25, 0.3) is 0 Å². The van der Waals surface area contributed by atoms with E-state index >= 15 is 0 Å². The van der Waals surface area contributed by atoms with Gasteiger partial charge in [0.15, 0.2) is 0 Å². The number of nitrogens with zero attached hydrogens (tertiary/aromatic N) is 2. The number of hydrogen-bond acceptors (Lipinski definition) is 7. The smallest absolute Gasteiger partial charge is 0.403 e. The zero-order chi connectivity index (χ0) is 29.5. The standard InChI is InChI=1S/C29H43F3N4O5/c1-27(10-11-27)41-20-17-36(15-3-2-6-22-8-7-21-5-4-14-33-24(21)34-22)16-9-23(25(37)38)35-26(39)28(29(30,31)32)12-18-40-19-13-28/h7-8,23H,2-6,9-20H2,1H3,(H,33,34)(H,35,39)(H,37,38). The number of carboxylic acid groups (broad SMARTS) is 1. The van der Waals surface area contributed by atoms with Crippen molar-refractivity contribution in [2.45, 2.75) is 89.0 Å². The second-order valence-electron chi connectivity index (χ2n) is 11.8. The highest BCUT2D eigenvalue weighted by molar-refractivity contribution is 5.88. The summed E-state index contributed by atoms with van der Waals surface area (Å²) in [7, 11) is 0. The van der Waals surface area contributed by atoms with E-state index in [4.69, 9.17) is 14.5 Å². The monoisotopic (exact) mass is 584 g/mol. The van der Waals surface area contributed by atoms with Crippen molar-refractivity contribution in [2.75, 3.05) is 51.3 Å². The number of carbonyl (C=O) groups is 2. The summed E-state index contributed by atoms with van der Waals surface area (Å²) in [5.74, 6) is -1.67. The number of aromatic nitrogens is 1. The van der Waals surface area contributed by atoms with E-state index < -0.39 is 42.4 Å². The number of anilines is 1. The Hall–Kier alpha value is -2.44. The van der Waals surface area contributed by atoms with Crippen LogP contribution in [0.4, 0.5) is 19.0 Å². The van der Waals surface area contributed by atoms with Gasteiger partial charge >= 0.3 is 12.1 Å². The predicted molar refractivity (Wildman–Crippen MR) is 147 cm³/mol. The first-order valence-corrected chi connectivity index (χ1v) is 14.8. The van der Waals surface area contributed by atoms with Crippen LogP contribution in [0.3, 0.4) is 0 Å². The van der Waals surface area contributed by atoms with Crippen LogP contribution in [0.1, 0.15) is 69.5 Å². The van der Waals surface area contributed by atoms with Gasteiger partial charge < -0.3 is 30.1 Å². The van der Waals surface area contributed by atoms with Crippen molar-refractivity contribution >= 4 is 17.7 Å². The summed E-state index contributed by atoms with van der Waals surface area (Å²) in [5.41, 5.74) is -0.457. The zero-order valence-electron chi connectivity index (χ0n) is 23.9. The quantitative estimate of drug-likeness (QED) is 0.266. The summed E-state index contributed by atoms with van der Waals surface area (Å²) in [4.78, 5) is 31.7. The molecule has 3 heterocycles. The summed E-state index contributed by atoms with van der Waals surface area (Å²) < 4.78 is 52.8. The number of carboxylic acids is 1. The number of aryl methyl sites for hydroxylation is 2. The normalized spacial score (nSPS) is 20.1. The van der Waals surface area contributed by atoms with Crippen LogP contribution in [-0.4, -0.2) is 90.7 Å². The van der Waals surface area contributed by atoms with Crippen LogP contribution in [0, 0.1) is 5.41 Å². The van der Waals surface area contributed by atoms with E-state index in [1.165, 1.54) is 5.56 Å². The number of ether oxygens (including phenoxy) is 2. The Kier molecular flexibility index (Phi) is 10.5. The molecule has 1 unspecified atom stereocenters. The fourth-order valence-corrected chi connectivity index (χ4v) is 5.45. The van der Waals surface area contributed by atoms with Crippen LogP contribution >= 0.6 is 0 Å². The fraction of sp³-hybridized carbons (Fsp3) is 0.759. The summed E-state index contributed by atoms with van der Waals surface area (Å²) in [6.45, 7) is 4.62. The molecule has 4 rings (SSSR count). The number of halogens is 3. The molecule has 3 N–H and O–H groups in total. The molecule has 1 saturated carbocycles. The molecule has 0 aromatic carbocycles. The molecule has 1 amide bonds. The van der Waals surface area contributed by atoms with Gasteiger partial charge in [-0.25, -0.2) is 9.78 Å². The summed E-state index contributed by atoms with van der Waals surface area (Å²) >= 11 is 0. The third kappa shape index (κ3) is 8.54. The van der Waals surface area contributed by atoms with Crippen molar-refractivity contribution in [3.05, 3.63) is 23.4 Å². The summed E-state index contributed by atoms with van der Waals surface area (Å²) in [6, 6.07) is 2.77. The number of amides is 1. The molecule has 3 aliphatic rings. The van der Waals surface area contributed by atoms with Crippen molar-refractivity contribution in [1.82, 2.24) is 15.2 Å². The van der Waals surface area contributed by atoms with Crippen LogP contribution < -0.4 is 10.6 Å². The molecule has 9 nitrogen and oxygen atoms in total. The molecule has 0 bridgehead atoms. The summed E-state index contributed by atoms with van der Waals surface area (Å²) in [6.07, 6.45) is 0.847. The molecular weight excluding hydrogens is 541 g/mol. The summed E-state index contributed by atoms with van der Waals surface area (Å²) in [5, 5.41) is 15.3. The molecule has 1 aromatic rings. The zero-order valence-corrected chi connectivity index (χ0v) is 23.9.